The first kappa shape index (κ1) is 21.3. The van der Waals surface area contributed by atoms with E-state index in [-0.39, 0.29) is 17.7 Å². The number of aliphatic imine (C=N–C) groups is 2. The summed E-state index contributed by atoms with van der Waals surface area (Å²) in [5.74, 6) is 0.562. The molecule has 2 aliphatic heterocycles. The van der Waals surface area contributed by atoms with Crippen molar-refractivity contribution >= 4 is 40.3 Å². The summed E-state index contributed by atoms with van der Waals surface area (Å²) in [7, 11) is 0. The van der Waals surface area contributed by atoms with E-state index in [1.54, 1.807) is 4.90 Å². The molecule has 2 heterocycles. The fourth-order valence-electron chi connectivity index (χ4n) is 3.61. The molecule has 4 rings (SSSR count). The van der Waals surface area contributed by atoms with E-state index < -0.39 is 11.3 Å². The quantitative estimate of drug-likeness (QED) is 0.752. The zero-order chi connectivity index (χ0) is 22.0. The van der Waals surface area contributed by atoms with Crippen molar-refractivity contribution in [2.45, 2.75) is 38.5 Å². The maximum atomic E-state index is 13.1. The van der Waals surface area contributed by atoms with Gasteiger partial charge in [-0.3, -0.25) is 14.6 Å². The zero-order valence-electron chi connectivity index (χ0n) is 17.9. The van der Waals surface area contributed by atoms with Gasteiger partial charge in [-0.05, 0) is 37.0 Å². The highest BCUT2D eigenvalue weighted by molar-refractivity contribution is 8.15. The zero-order valence-corrected chi connectivity index (χ0v) is 18.7. The molecule has 2 amide bonds. The Balaban J connectivity index is 1.48. The van der Waals surface area contributed by atoms with Gasteiger partial charge in [-0.2, -0.15) is 0 Å². The molecule has 0 aliphatic carbocycles. The molecule has 7 heteroatoms. The van der Waals surface area contributed by atoms with E-state index in [0.29, 0.717) is 17.5 Å². The average Bonchev–Trinajstić information content (AvgIpc) is 3.12. The van der Waals surface area contributed by atoms with Crippen molar-refractivity contribution in [2.24, 2.45) is 15.9 Å². The lowest BCUT2D eigenvalue weighted by Gasteiger charge is -2.27. The Morgan fingerprint density at radius 2 is 1.81 bits per heavy atom. The number of carbonyl (C=O) groups excluding carboxylic acids is 2. The van der Waals surface area contributed by atoms with Crippen molar-refractivity contribution in [3.8, 4) is 0 Å². The Kier molecular flexibility index (Phi) is 6.23. The maximum absolute atomic E-state index is 13.1. The normalized spacial score (nSPS) is 18.3. The van der Waals surface area contributed by atoms with Crippen LogP contribution in [0.25, 0.3) is 0 Å². The second-order valence-corrected chi connectivity index (χ2v) is 9.32. The predicted molar refractivity (Wildman–Crippen MR) is 126 cm³/mol. The molecule has 0 spiro atoms. The Morgan fingerprint density at radius 1 is 1.10 bits per heavy atom. The molecule has 6 nitrogen and oxygen atoms in total. The van der Waals surface area contributed by atoms with Crippen LogP contribution in [-0.4, -0.2) is 45.6 Å². The summed E-state index contributed by atoms with van der Waals surface area (Å²) in [6.07, 6.45) is 0.774. The summed E-state index contributed by atoms with van der Waals surface area (Å²) in [5, 5.41) is 3.10. The molecule has 2 aromatic carbocycles. The summed E-state index contributed by atoms with van der Waals surface area (Å²) in [5.41, 5.74) is 2.80. The molecule has 0 fully saturated rings. The van der Waals surface area contributed by atoms with Crippen LogP contribution in [0, 0.1) is 5.92 Å². The lowest BCUT2D eigenvalue weighted by molar-refractivity contribution is -0.125. The first-order chi connectivity index (χ1) is 15.0. The number of benzene rings is 2. The molecule has 2 aliphatic rings. The first-order valence-electron chi connectivity index (χ1n) is 10.5. The van der Waals surface area contributed by atoms with Gasteiger partial charge in [0, 0.05) is 12.1 Å². The highest BCUT2D eigenvalue weighted by Crippen LogP contribution is 2.35. The van der Waals surface area contributed by atoms with Crippen molar-refractivity contribution < 1.29 is 9.59 Å². The van der Waals surface area contributed by atoms with Crippen molar-refractivity contribution in [2.75, 3.05) is 6.54 Å². The number of nitrogens with zero attached hydrogens (tertiary/aromatic N) is 3. The van der Waals surface area contributed by atoms with Gasteiger partial charge < -0.3 is 5.32 Å². The fourth-order valence-corrected chi connectivity index (χ4v) is 4.55. The van der Waals surface area contributed by atoms with E-state index >= 15 is 0 Å². The minimum Gasteiger partial charge on any atom is -0.355 e. The van der Waals surface area contributed by atoms with E-state index in [0.717, 1.165) is 17.7 Å². The average molecular weight is 435 g/mol. The van der Waals surface area contributed by atoms with E-state index in [9.17, 15) is 9.59 Å². The minimum absolute atomic E-state index is 0.0759. The number of hydrogen-bond acceptors (Lipinski definition) is 5. The van der Waals surface area contributed by atoms with Crippen molar-refractivity contribution in [1.82, 2.24) is 10.2 Å². The number of thioether (sulfide) groups is 1. The summed E-state index contributed by atoms with van der Waals surface area (Å²) >= 11 is 1.29. The molecule has 0 saturated carbocycles. The van der Waals surface area contributed by atoms with E-state index in [1.165, 1.54) is 17.3 Å². The number of rotatable bonds is 6. The summed E-state index contributed by atoms with van der Waals surface area (Å²) < 4.78 is 0. The van der Waals surface area contributed by atoms with Crippen LogP contribution in [0.1, 0.15) is 31.9 Å². The summed E-state index contributed by atoms with van der Waals surface area (Å²) in [6, 6.07) is 17.3. The molecule has 0 unspecified atom stereocenters. The van der Waals surface area contributed by atoms with Gasteiger partial charge in [-0.25, -0.2) is 9.89 Å². The number of hydrogen-bond donors (Lipinski definition) is 1. The number of para-hydroxylation sites is 1. The van der Waals surface area contributed by atoms with Crippen LogP contribution >= 0.6 is 11.8 Å². The lowest BCUT2D eigenvalue weighted by atomic mass is 10.1. The Hall–Kier alpha value is -2.93. The van der Waals surface area contributed by atoms with Gasteiger partial charge in [0.25, 0.3) is 5.91 Å². The third kappa shape index (κ3) is 4.42. The first-order valence-corrected chi connectivity index (χ1v) is 11.4. The van der Waals surface area contributed by atoms with Gasteiger partial charge in [0.1, 0.15) is 11.9 Å². The highest BCUT2D eigenvalue weighted by Gasteiger charge is 2.43. The van der Waals surface area contributed by atoms with Crippen LogP contribution in [0.5, 0.6) is 0 Å². The molecule has 0 aromatic heterocycles. The predicted octanol–water partition coefficient (Wildman–Crippen LogP) is 3.78. The van der Waals surface area contributed by atoms with Gasteiger partial charge in [0.2, 0.25) is 5.91 Å². The maximum Gasteiger partial charge on any atom is 0.259 e. The molecule has 160 valence electrons. The molecule has 2 aromatic rings. The summed E-state index contributed by atoms with van der Waals surface area (Å²) in [4.78, 5) is 36.8. The lowest BCUT2D eigenvalue weighted by Crippen LogP contribution is -2.43. The number of carbonyl (C=O) groups is 2. The molecule has 0 saturated heterocycles. The van der Waals surface area contributed by atoms with Crippen LogP contribution in [0.15, 0.2) is 64.6 Å². The molecule has 0 bridgehead atoms. The smallest absolute Gasteiger partial charge is 0.259 e. The second-order valence-electron chi connectivity index (χ2n) is 8.01. The molecule has 1 N–H and O–H groups in total. The molecule has 31 heavy (non-hydrogen) atoms. The highest BCUT2D eigenvalue weighted by atomic mass is 32.2. The minimum atomic E-state index is -0.429. The third-order valence-corrected chi connectivity index (χ3v) is 6.39. The SMILES string of the molecule is CC(C)[C@H]1N=C2c3ccccc3N=C(S[C@H](C)C(=O)NCCc3ccccc3)N2C1=O. The number of fused-ring (bicyclic) bond motifs is 3. The number of amidine groups is 2. The van der Waals surface area contributed by atoms with Crippen molar-refractivity contribution in [1.29, 1.82) is 0 Å². The molecule has 0 radical (unpaired) electrons. The van der Waals surface area contributed by atoms with Gasteiger partial charge in [0.15, 0.2) is 5.17 Å². The van der Waals surface area contributed by atoms with Gasteiger partial charge in [-0.15, -0.1) is 0 Å². The van der Waals surface area contributed by atoms with Gasteiger partial charge >= 0.3 is 0 Å². The summed E-state index contributed by atoms with van der Waals surface area (Å²) in [6.45, 7) is 6.38. The molecular weight excluding hydrogens is 408 g/mol. The Labute approximate surface area is 186 Å². The fraction of sp³-hybridized carbons (Fsp3) is 0.333. The van der Waals surface area contributed by atoms with E-state index in [4.69, 9.17) is 9.98 Å². The molecular formula is C24H26N4O2S. The van der Waals surface area contributed by atoms with Crippen LogP contribution in [0.2, 0.25) is 0 Å². The van der Waals surface area contributed by atoms with Crippen LogP contribution in [0.4, 0.5) is 5.69 Å². The third-order valence-electron chi connectivity index (χ3n) is 5.34. The Bertz CT molecular complexity index is 1050. The van der Waals surface area contributed by atoms with Crippen LogP contribution < -0.4 is 5.32 Å². The van der Waals surface area contributed by atoms with Gasteiger partial charge in [0.05, 0.1) is 10.9 Å². The van der Waals surface area contributed by atoms with Crippen LogP contribution in [0.3, 0.4) is 0 Å². The topological polar surface area (TPSA) is 74.1 Å². The van der Waals surface area contributed by atoms with Crippen LogP contribution in [-0.2, 0) is 16.0 Å². The largest absolute Gasteiger partial charge is 0.355 e. The van der Waals surface area contributed by atoms with Crippen molar-refractivity contribution in [3.63, 3.8) is 0 Å². The number of nitrogens with one attached hydrogen (secondary N) is 1. The molecule has 2 atom stereocenters. The van der Waals surface area contributed by atoms with E-state index in [2.05, 4.69) is 5.32 Å². The standard InChI is InChI=1S/C24H26N4O2S/c1-15(2)20-23(30)28-21(27-20)18-11-7-8-12-19(18)26-24(28)31-16(3)22(29)25-14-13-17-9-5-4-6-10-17/h4-12,15-16,20H,13-14H2,1-3H3,(H,25,29)/t16-,20-/m1/s1. The van der Waals surface area contributed by atoms with Crippen molar-refractivity contribution in [3.05, 3.63) is 65.7 Å². The van der Waals surface area contributed by atoms with Gasteiger partial charge in [-0.1, -0.05) is 68.1 Å². The Morgan fingerprint density at radius 3 is 2.55 bits per heavy atom. The monoisotopic (exact) mass is 434 g/mol. The van der Waals surface area contributed by atoms with E-state index in [1.807, 2.05) is 75.4 Å². The second kappa shape index (κ2) is 9.06. The number of amides is 2.